The van der Waals surface area contributed by atoms with Gasteiger partial charge in [-0.05, 0) is 35.9 Å². The molecule has 24 heavy (non-hydrogen) atoms. The van der Waals surface area contributed by atoms with Gasteiger partial charge in [0.1, 0.15) is 0 Å². The second-order valence-electron chi connectivity index (χ2n) is 5.23. The van der Waals surface area contributed by atoms with Crippen LogP contribution in [-0.4, -0.2) is 13.0 Å². The second kappa shape index (κ2) is 6.18. The van der Waals surface area contributed by atoms with Crippen molar-refractivity contribution in [1.82, 2.24) is 4.57 Å². The molecule has 0 bridgehead atoms. The van der Waals surface area contributed by atoms with Gasteiger partial charge in [-0.25, -0.2) is 22.3 Å². The topological polar surface area (TPSA) is 65.1 Å². The lowest BCUT2D eigenvalue weighted by Gasteiger charge is -2.10. The van der Waals surface area contributed by atoms with Gasteiger partial charge in [-0.3, -0.25) is 0 Å². The fourth-order valence-electron chi connectivity index (χ4n) is 2.44. The smallest absolute Gasteiger partial charge is 0.265 e. The Balaban J connectivity index is 2.13. The lowest BCUT2D eigenvalue weighted by atomic mass is 10.1. The highest BCUT2D eigenvalue weighted by Gasteiger charge is 2.16. The number of sulfonamides is 1. The van der Waals surface area contributed by atoms with E-state index in [4.69, 9.17) is 5.14 Å². The normalized spacial score (nSPS) is 11.8. The molecule has 1 aromatic heterocycles. The molecule has 0 saturated heterocycles. The Morgan fingerprint density at radius 1 is 0.958 bits per heavy atom. The summed E-state index contributed by atoms with van der Waals surface area (Å²) in [5, 5.41) is 5.08. The van der Waals surface area contributed by atoms with Crippen molar-refractivity contribution >= 4 is 10.0 Å². The number of halogens is 2. The first-order chi connectivity index (χ1) is 11.4. The predicted octanol–water partition coefficient (Wildman–Crippen LogP) is 3.73. The molecule has 2 N–H and O–H groups in total. The summed E-state index contributed by atoms with van der Waals surface area (Å²) in [4.78, 5) is -0.0336. The van der Waals surface area contributed by atoms with E-state index in [-0.39, 0.29) is 10.5 Å². The number of hydrogen-bond donors (Lipinski definition) is 1. The van der Waals surface area contributed by atoms with Gasteiger partial charge < -0.3 is 4.57 Å². The van der Waals surface area contributed by atoms with E-state index in [0.717, 1.165) is 5.56 Å². The van der Waals surface area contributed by atoms with Crippen LogP contribution >= 0.6 is 0 Å². The summed E-state index contributed by atoms with van der Waals surface area (Å²) in [5.41, 5.74) is 1.83. The largest absolute Gasteiger partial charge is 0.316 e. The van der Waals surface area contributed by atoms with E-state index in [2.05, 4.69) is 0 Å². The molecule has 0 radical (unpaired) electrons. The van der Waals surface area contributed by atoms with Crippen LogP contribution in [0.5, 0.6) is 0 Å². The molecular formula is C17H14F2N2O2S. The predicted molar refractivity (Wildman–Crippen MR) is 87.5 cm³/mol. The average Bonchev–Trinajstić information content (AvgIpc) is 3.00. The molecule has 0 fully saturated rings. The van der Waals surface area contributed by atoms with Gasteiger partial charge in [0.2, 0.25) is 10.0 Å². The zero-order chi connectivity index (χ0) is 17.3. The van der Waals surface area contributed by atoms with Gasteiger partial charge in [-0.15, -0.1) is 0 Å². The van der Waals surface area contributed by atoms with Crippen molar-refractivity contribution in [3.63, 3.8) is 0 Å². The van der Waals surface area contributed by atoms with Gasteiger partial charge in [0.15, 0.2) is 0 Å². The maximum Gasteiger partial charge on any atom is 0.265 e. The average molecular weight is 348 g/mol. The van der Waals surface area contributed by atoms with Crippen molar-refractivity contribution < 1.29 is 17.2 Å². The van der Waals surface area contributed by atoms with Crippen LogP contribution in [0, 0.1) is 0 Å². The Labute approximate surface area is 138 Å². The second-order valence-corrected chi connectivity index (χ2v) is 6.80. The third kappa shape index (κ3) is 3.22. The number of hydrogen-bond acceptors (Lipinski definition) is 2. The minimum absolute atomic E-state index is 0.0336. The Morgan fingerprint density at radius 2 is 1.58 bits per heavy atom. The van der Waals surface area contributed by atoms with Crippen molar-refractivity contribution in [2.45, 2.75) is 11.3 Å². The molecule has 0 saturated carbocycles. The van der Waals surface area contributed by atoms with E-state index in [9.17, 15) is 17.2 Å². The fourth-order valence-corrected chi connectivity index (χ4v) is 2.96. The number of nitrogens with zero attached hydrogens (tertiary/aromatic N) is 1. The van der Waals surface area contributed by atoms with Crippen molar-refractivity contribution in [1.29, 1.82) is 0 Å². The highest BCUT2D eigenvalue weighted by molar-refractivity contribution is 7.89. The van der Waals surface area contributed by atoms with Crippen LogP contribution in [-0.2, 0) is 10.0 Å². The monoisotopic (exact) mass is 348 g/mol. The highest BCUT2D eigenvalue weighted by Crippen LogP contribution is 2.30. The van der Waals surface area contributed by atoms with Crippen LogP contribution in [0.1, 0.15) is 12.0 Å². The number of benzene rings is 2. The molecular weight excluding hydrogens is 334 g/mol. The summed E-state index contributed by atoms with van der Waals surface area (Å²) in [7, 11) is -3.80. The van der Waals surface area contributed by atoms with Gasteiger partial charge >= 0.3 is 0 Å². The van der Waals surface area contributed by atoms with Crippen LogP contribution in [0.2, 0.25) is 0 Å². The molecule has 7 heteroatoms. The molecule has 1 heterocycles. The Morgan fingerprint density at radius 3 is 2.12 bits per heavy atom. The number of rotatable bonds is 4. The van der Waals surface area contributed by atoms with Crippen LogP contribution in [0.3, 0.4) is 0 Å². The molecule has 0 aliphatic carbocycles. The molecule has 0 amide bonds. The van der Waals surface area contributed by atoms with Crippen molar-refractivity contribution in [2.24, 2.45) is 5.14 Å². The van der Waals surface area contributed by atoms with E-state index < -0.39 is 16.4 Å². The van der Waals surface area contributed by atoms with Crippen LogP contribution in [0.15, 0.2) is 71.8 Å². The summed E-state index contributed by atoms with van der Waals surface area (Å²) >= 11 is 0. The van der Waals surface area contributed by atoms with Crippen molar-refractivity contribution in [3.8, 4) is 16.9 Å². The SMILES string of the molecule is NS(=O)(=O)c1ccc(-n2cc(C(F)F)cc2-c2ccccc2)cc1. The minimum atomic E-state index is -3.80. The van der Waals surface area contributed by atoms with E-state index in [1.165, 1.54) is 36.5 Å². The summed E-state index contributed by atoms with van der Waals surface area (Å²) in [5.74, 6) is 0. The third-order valence-corrected chi connectivity index (χ3v) is 4.54. The standard InChI is InChI=1S/C17H14F2N2O2S/c18-17(19)13-10-16(12-4-2-1-3-5-12)21(11-13)14-6-8-15(9-7-14)24(20,22)23/h1-11,17H,(H2,20,22,23). The molecule has 0 aliphatic heterocycles. The zero-order valence-corrected chi connectivity index (χ0v) is 13.2. The summed E-state index contributed by atoms with van der Waals surface area (Å²) in [6.45, 7) is 0. The molecule has 2 aromatic carbocycles. The summed E-state index contributed by atoms with van der Waals surface area (Å²) in [6.07, 6.45) is -1.25. The molecule has 0 atom stereocenters. The first-order valence-electron chi connectivity index (χ1n) is 7.05. The zero-order valence-electron chi connectivity index (χ0n) is 12.4. The highest BCUT2D eigenvalue weighted by atomic mass is 32.2. The van der Waals surface area contributed by atoms with Gasteiger partial charge in [0.25, 0.3) is 6.43 Å². The van der Waals surface area contributed by atoms with E-state index in [1.807, 2.05) is 30.3 Å². The number of nitrogens with two attached hydrogens (primary N) is 1. The molecule has 124 valence electrons. The summed E-state index contributed by atoms with van der Waals surface area (Å²) < 4.78 is 50.5. The van der Waals surface area contributed by atoms with Crippen LogP contribution in [0.25, 0.3) is 16.9 Å². The van der Waals surface area contributed by atoms with Crippen molar-refractivity contribution in [2.75, 3.05) is 0 Å². The Bertz CT molecular complexity index is 950. The first-order valence-corrected chi connectivity index (χ1v) is 8.60. The molecule has 4 nitrogen and oxygen atoms in total. The van der Waals surface area contributed by atoms with Gasteiger partial charge in [0.05, 0.1) is 10.6 Å². The van der Waals surface area contributed by atoms with E-state index >= 15 is 0 Å². The van der Waals surface area contributed by atoms with Crippen LogP contribution < -0.4 is 5.14 Å². The lowest BCUT2D eigenvalue weighted by Crippen LogP contribution is -2.12. The van der Waals surface area contributed by atoms with Crippen LogP contribution in [0.4, 0.5) is 8.78 Å². The quantitative estimate of drug-likeness (QED) is 0.781. The first kappa shape index (κ1) is 16.4. The molecule has 3 aromatic rings. The number of alkyl halides is 2. The minimum Gasteiger partial charge on any atom is -0.316 e. The maximum absolute atomic E-state index is 13.1. The third-order valence-electron chi connectivity index (χ3n) is 3.61. The fraction of sp³-hybridized carbons (Fsp3) is 0.0588. The Kier molecular flexibility index (Phi) is 4.21. The van der Waals surface area contributed by atoms with Gasteiger partial charge in [0, 0.05) is 17.4 Å². The Hall–Kier alpha value is -2.51. The molecule has 0 spiro atoms. The maximum atomic E-state index is 13.1. The number of aromatic nitrogens is 1. The summed E-state index contributed by atoms with van der Waals surface area (Å²) in [6, 6.07) is 16.3. The van der Waals surface area contributed by atoms with E-state index in [1.54, 1.807) is 4.57 Å². The van der Waals surface area contributed by atoms with Gasteiger partial charge in [-0.2, -0.15) is 0 Å². The van der Waals surface area contributed by atoms with E-state index in [0.29, 0.717) is 11.4 Å². The molecule has 0 unspecified atom stereocenters. The lowest BCUT2D eigenvalue weighted by molar-refractivity contribution is 0.151. The van der Waals surface area contributed by atoms with Crippen molar-refractivity contribution in [3.05, 3.63) is 72.4 Å². The van der Waals surface area contributed by atoms with Gasteiger partial charge in [-0.1, -0.05) is 30.3 Å². The molecule has 0 aliphatic rings. The number of primary sulfonamides is 1. The molecule has 3 rings (SSSR count).